The zero-order valence-electron chi connectivity index (χ0n) is 12.0. The van der Waals surface area contributed by atoms with E-state index in [9.17, 15) is 4.79 Å². The van der Waals surface area contributed by atoms with Crippen LogP contribution in [0.5, 0.6) is 0 Å². The summed E-state index contributed by atoms with van der Waals surface area (Å²) >= 11 is 0. The average Bonchev–Trinajstić information content (AvgIpc) is 2.94. The number of rotatable bonds is 2. The maximum Gasteiger partial charge on any atom is 0.254 e. The highest BCUT2D eigenvalue weighted by Crippen LogP contribution is 2.21. The molecule has 4 rings (SSSR count). The van der Waals surface area contributed by atoms with Crippen LogP contribution in [0.25, 0.3) is 10.9 Å². The molecule has 2 fully saturated rings. The van der Waals surface area contributed by atoms with Crippen molar-refractivity contribution in [3.63, 3.8) is 0 Å². The summed E-state index contributed by atoms with van der Waals surface area (Å²) in [5.74, 6) is 0.151. The molecule has 110 valence electrons. The molecule has 2 saturated heterocycles. The number of nitrogens with zero attached hydrogens (tertiary/aromatic N) is 2. The van der Waals surface area contributed by atoms with Crippen molar-refractivity contribution in [2.75, 3.05) is 39.3 Å². The molecule has 0 bridgehead atoms. The van der Waals surface area contributed by atoms with Gasteiger partial charge >= 0.3 is 0 Å². The molecule has 0 unspecified atom stereocenters. The fraction of sp³-hybridized carbons (Fsp3) is 0.438. The number of carbonyl (C=O) groups excluding carboxylic acids is 1. The third-order valence-corrected chi connectivity index (χ3v) is 4.62. The largest absolute Gasteiger partial charge is 0.361 e. The lowest BCUT2D eigenvalue weighted by Gasteiger charge is -2.46. The zero-order chi connectivity index (χ0) is 14.2. The van der Waals surface area contributed by atoms with E-state index >= 15 is 0 Å². The van der Waals surface area contributed by atoms with Gasteiger partial charge in [-0.2, -0.15) is 0 Å². The van der Waals surface area contributed by atoms with Crippen LogP contribution in [0, 0.1) is 0 Å². The number of amides is 1. The first-order valence-electron chi connectivity index (χ1n) is 7.62. The Bertz CT molecular complexity index is 653. The smallest absolute Gasteiger partial charge is 0.254 e. The normalized spacial score (nSPS) is 20.7. The van der Waals surface area contributed by atoms with Crippen molar-refractivity contribution in [3.05, 3.63) is 36.0 Å². The fourth-order valence-electron chi connectivity index (χ4n) is 3.26. The minimum atomic E-state index is 0.151. The molecule has 0 radical (unpaired) electrons. The van der Waals surface area contributed by atoms with Gasteiger partial charge in [0, 0.05) is 62.6 Å². The molecule has 1 amide bonds. The second-order valence-corrected chi connectivity index (χ2v) is 5.93. The molecule has 2 aliphatic heterocycles. The van der Waals surface area contributed by atoms with E-state index in [2.05, 4.69) is 15.2 Å². The van der Waals surface area contributed by atoms with Crippen molar-refractivity contribution in [2.45, 2.75) is 6.04 Å². The summed E-state index contributed by atoms with van der Waals surface area (Å²) in [4.78, 5) is 20.1. The number of piperazine rings is 1. The zero-order valence-corrected chi connectivity index (χ0v) is 12.0. The minimum absolute atomic E-state index is 0.151. The predicted molar refractivity (Wildman–Crippen MR) is 82.4 cm³/mol. The van der Waals surface area contributed by atoms with Crippen LogP contribution in [0.3, 0.4) is 0 Å². The molecule has 5 nitrogen and oxygen atoms in total. The van der Waals surface area contributed by atoms with Crippen molar-refractivity contribution in [1.29, 1.82) is 0 Å². The van der Waals surface area contributed by atoms with Gasteiger partial charge in [0.1, 0.15) is 0 Å². The maximum atomic E-state index is 12.5. The van der Waals surface area contributed by atoms with Crippen LogP contribution >= 0.6 is 0 Å². The first-order valence-corrected chi connectivity index (χ1v) is 7.62. The van der Waals surface area contributed by atoms with Gasteiger partial charge in [-0.25, -0.2) is 0 Å². The standard InChI is InChI=1S/C16H20N4O/c21-16(13-2-1-12-3-4-18-15(12)9-13)20-10-14(11-20)19-7-5-17-6-8-19/h1-4,9,14,17-18H,5-8,10-11H2. The maximum absolute atomic E-state index is 12.5. The Morgan fingerprint density at radius 2 is 1.95 bits per heavy atom. The molecular weight excluding hydrogens is 264 g/mol. The van der Waals surface area contributed by atoms with Gasteiger partial charge in [0.2, 0.25) is 0 Å². The number of carbonyl (C=O) groups is 1. The van der Waals surface area contributed by atoms with Crippen molar-refractivity contribution in [3.8, 4) is 0 Å². The first kappa shape index (κ1) is 12.9. The Labute approximate surface area is 123 Å². The monoisotopic (exact) mass is 284 g/mol. The number of hydrogen-bond donors (Lipinski definition) is 2. The van der Waals surface area contributed by atoms with E-state index < -0.39 is 0 Å². The molecule has 0 saturated carbocycles. The van der Waals surface area contributed by atoms with Gasteiger partial charge in [-0.3, -0.25) is 9.69 Å². The van der Waals surface area contributed by atoms with Crippen LogP contribution in [0.4, 0.5) is 0 Å². The number of likely N-dealkylation sites (tertiary alicyclic amines) is 1. The molecule has 1 aromatic carbocycles. The van der Waals surface area contributed by atoms with Gasteiger partial charge in [0.15, 0.2) is 0 Å². The molecule has 1 aromatic heterocycles. The third kappa shape index (κ3) is 2.32. The Hall–Kier alpha value is -1.85. The summed E-state index contributed by atoms with van der Waals surface area (Å²) < 4.78 is 0. The van der Waals surface area contributed by atoms with Crippen molar-refractivity contribution in [1.82, 2.24) is 20.1 Å². The molecule has 21 heavy (non-hydrogen) atoms. The van der Waals surface area contributed by atoms with Gasteiger partial charge in [-0.1, -0.05) is 6.07 Å². The van der Waals surface area contributed by atoms with E-state index in [4.69, 9.17) is 0 Å². The van der Waals surface area contributed by atoms with E-state index in [1.165, 1.54) is 0 Å². The highest BCUT2D eigenvalue weighted by atomic mass is 16.2. The lowest BCUT2D eigenvalue weighted by molar-refractivity contribution is 0.0227. The highest BCUT2D eigenvalue weighted by molar-refractivity contribution is 5.98. The predicted octanol–water partition coefficient (Wildman–Crippen LogP) is 0.897. The molecule has 0 atom stereocenters. The van der Waals surface area contributed by atoms with Gasteiger partial charge in [0.05, 0.1) is 0 Å². The summed E-state index contributed by atoms with van der Waals surface area (Å²) in [6.45, 7) is 6.05. The number of nitrogens with one attached hydrogen (secondary N) is 2. The molecule has 0 aliphatic carbocycles. The molecule has 0 spiro atoms. The number of H-pyrrole nitrogens is 1. The first-order chi connectivity index (χ1) is 10.3. The van der Waals surface area contributed by atoms with Crippen LogP contribution < -0.4 is 5.32 Å². The van der Waals surface area contributed by atoms with E-state index in [-0.39, 0.29) is 5.91 Å². The van der Waals surface area contributed by atoms with Crippen molar-refractivity contribution in [2.24, 2.45) is 0 Å². The van der Waals surface area contributed by atoms with E-state index in [0.29, 0.717) is 6.04 Å². The lowest BCUT2D eigenvalue weighted by atomic mass is 10.0. The molecule has 2 aromatic rings. The van der Waals surface area contributed by atoms with Gasteiger partial charge in [-0.05, 0) is 23.6 Å². The summed E-state index contributed by atoms with van der Waals surface area (Å²) in [5, 5.41) is 4.51. The van der Waals surface area contributed by atoms with Crippen LogP contribution in [0.2, 0.25) is 0 Å². The Balaban J connectivity index is 1.42. The Morgan fingerprint density at radius 3 is 2.76 bits per heavy atom. The molecule has 2 aliphatic rings. The van der Waals surface area contributed by atoms with Gasteiger partial charge < -0.3 is 15.2 Å². The number of hydrogen-bond acceptors (Lipinski definition) is 3. The van der Waals surface area contributed by atoms with E-state index in [0.717, 1.165) is 55.7 Å². The number of aromatic amines is 1. The topological polar surface area (TPSA) is 51.4 Å². The Kier molecular flexibility index (Phi) is 3.16. The SMILES string of the molecule is O=C(c1ccc2cc[nH]c2c1)N1CC(N2CCNCC2)C1. The minimum Gasteiger partial charge on any atom is -0.361 e. The van der Waals surface area contributed by atoms with Crippen molar-refractivity contribution >= 4 is 16.8 Å². The molecule has 2 N–H and O–H groups in total. The average molecular weight is 284 g/mol. The third-order valence-electron chi connectivity index (χ3n) is 4.62. The number of fused-ring (bicyclic) bond motifs is 1. The van der Waals surface area contributed by atoms with Crippen molar-refractivity contribution < 1.29 is 4.79 Å². The van der Waals surface area contributed by atoms with Crippen LogP contribution in [0.15, 0.2) is 30.5 Å². The number of benzene rings is 1. The molecule has 5 heteroatoms. The van der Waals surface area contributed by atoms with Crippen LogP contribution in [-0.4, -0.2) is 66.0 Å². The van der Waals surface area contributed by atoms with Crippen LogP contribution in [0.1, 0.15) is 10.4 Å². The second-order valence-electron chi connectivity index (χ2n) is 5.93. The molecular formula is C16H20N4O. The highest BCUT2D eigenvalue weighted by Gasteiger charge is 2.35. The van der Waals surface area contributed by atoms with Crippen LogP contribution in [-0.2, 0) is 0 Å². The lowest BCUT2D eigenvalue weighted by Crippen LogP contribution is -2.63. The fourth-order valence-corrected chi connectivity index (χ4v) is 3.26. The Morgan fingerprint density at radius 1 is 1.14 bits per heavy atom. The van der Waals surface area contributed by atoms with Gasteiger partial charge in [-0.15, -0.1) is 0 Å². The quantitative estimate of drug-likeness (QED) is 0.861. The number of aromatic nitrogens is 1. The summed E-state index contributed by atoms with van der Waals surface area (Å²) in [6.07, 6.45) is 1.91. The summed E-state index contributed by atoms with van der Waals surface area (Å²) in [5.41, 5.74) is 1.81. The molecule has 3 heterocycles. The summed E-state index contributed by atoms with van der Waals surface area (Å²) in [7, 11) is 0. The van der Waals surface area contributed by atoms with Gasteiger partial charge in [0.25, 0.3) is 5.91 Å². The summed E-state index contributed by atoms with van der Waals surface area (Å²) in [6, 6.07) is 8.46. The van der Waals surface area contributed by atoms with E-state index in [1.54, 1.807) is 0 Å². The second kappa shape index (κ2) is 5.16. The van der Waals surface area contributed by atoms with E-state index in [1.807, 2.05) is 35.4 Å².